The van der Waals surface area contributed by atoms with Crippen LogP contribution in [0.2, 0.25) is 0 Å². The Morgan fingerprint density at radius 2 is 1.82 bits per heavy atom. The van der Waals surface area contributed by atoms with Gasteiger partial charge >= 0.3 is 0 Å². The molecule has 0 unspecified atom stereocenters. The van der Waals surface area contributed by atoms with Crippen molar-refractivity contribution in [2.75, 3.05) is 38.2 Å². The Bertz CT molecular complexity index is 1560. The van der Waals surface area contributed by atoms with Crippen molar-refractivity contribution < 1.29 is 13.9 Å². The molecule has 0 radical (unpaired) electrons. The van der Waals surface area contributed by atoms with Gasteiger partial charge in [-0.25, -0.2) is 9.37 Å². The Hall–Kier alpha value is -3.99. The Balaban J connectivity index is 1.29. The monoisotopic (exact) mass is 528 g/mol. The summed E-state index contributed by atoms with van der Waals surface area (Å²) in [5.74, 6) is -0.636. The lowest BCUT2D eigenvalue weighted by atomic mass is 10.0. The summed E-state index contributed by atoms with van der Waals surface area (Å²) in [5, 5.41) is 11.2. The van der Waals surface area contributed by atoms with Gasteiger partial charge in [0.25, 0.3) is 5.91 Å². The molecule has 1 N–H and O–H groups in total. The molecule has 2 aromatic carbocycles. The predicted octanol–water partition coefficient (Wildman–Crippen LogP) is 4.95. The molecule has 1 amide bonds. The number of halogens is 1. The zero-order valence-corrected chi connectivity index (χ0v) is 21.3. The van der Waals surface area contributed by atoms with Crippen LogP contribution in [-0.4, -0.2) is 63.4 Å². The number of benzene rings is 2. The third kappa shape index (κ3) is 5.33. The molecule has 1 saturated heterocycles. The zero-order chi connectivity index (χ0) is 25.9. The molecule has 0 spiro atoms. The van der Waals surface area contributed by atoms with Crippen LogP contribution in [0.5, 0.6) is 0 Å². The number of hydrogen-bond acceptors (Lipinski definition) is 7. The Kier molecular flexibility index (Phi) is 6.91. The minimum absolute atomic E-state index is 0.316. The van der Waals surface area contributed by atoms with Gasteiger partial charge < -0.3 is 10.1 Å². The van der Waals surface area contributed by atoms with E-state index in [0.717, 1.165) is 72.0 Å². The van der Waals surface area contributed by atoms with Crippen LogP contribution in [0.15, 0.2) is 72.5 Å². The average Bonchev–Trinajstić information content (AvgIpc) is 3.60. The molecule has 8 nitrogen and oxygen atoms in total. The van der Waals surface area contributed by atoms with E-state index in [-0.39, 0.29) is 11.7 Å². The van der Waals surface area contributed by atoms with Crippen LogP contribution >= 0.6 is 11.3 Å². The van der Waals surface area contributed by atoms with Crippen LogP contribution in [0, 0.1) is 5.82 Å². The van der Waals surface area contributed by atoms with E-state index in [1.54, 1.807) is 29.9 Å². The first-order chi connectivity index (χ1) is 18.6. The van der Waals surface area contributed by atoms with E-state index in [9.17, 15) is 9.18 Å². The summed E-state index contributed by atoms with van der Waals surface area (Å²) in [5.41, 5.74) is 4.18. The summed E-state index contributed by atoms with van der Waals surface area (Å²) in [6, 6.07) is 13.8. The smallest absolute Gasteiger partial charge is 0.275 e. The Morgan fingerprint density at radius 3 is 2.61 bits per heavy atom. The molecule has 4 heterocycles. The molecule has 5 aromatic rings. The van der Waals surface area contributed by atoms with Gasteiger partial charge in [-0.05, 0) is 42.0 Å². The number of pyridine rings is 1. The van der Waals surface area contributed by atoms with Crippen LogP contribution in [0.25, 0.3) is 32.6 Å². The quantitative estimate of drug-likeness (QED) is 0.322. The number of morpholine rings is 1. The topological polar surface area (TPSA) is 85.2 Å². The van der Waals surface area contributed by atoms with Crippen molar-refractivity contribution >= 4 is 33.8 Å². The maximum atomic E-state index is 13.7. The summed E-state index contributed by atoms with van der Waals surface area (Å²) < 4.78 is 21.0. The van der Waals surface area contributed by atoms with Crippen LogP contribution in [0.4, 0.5) is 10.1 Å². The molecule has 10 heteroatoms. The SMILES string of the molecule is O=C(Nc1cc2cn(CCN3CCOCC3)nc2cc1-c1ccc(F)cc1)c1csc(-c2ccncc2)n1. The van der Waals surface area contributed by atoms with Gasteiger partial charge in [-0.1, -0.05) is 12.1 Å². The van der Waals surface area contributed by atoms with Crippen molar-refractivity contribution in [2.24, 2.45) is 0 Å². The van der Waals surface area contributed by atoms with Gasteiger partial charge in [-0.15, -0.1) is 11.3 Å². The summed E-state index contributed by atoms with van der Waals surface area (Å²) in [7, 11) is 0. The van der Waals surface area contributed by atoms with Gasteiger partial charge in [0.2, 0.25) is 0 Å². The highest BCUT2D eigenvalue weighted by Crippen LogP contribution is 2.33. The second-order valence-corrected chi connectivity index (χ2v) is 9.90. The molecule has 1 aliphatic heterocycles. The van der Waals surface area contributed by atoms with Crippen LogP contribution < -0.4 is 5.32 Å². The van der Waals surface area contributed by atoms with Gasteiger partial charge in [-0.3, -0.25) is 19.4 Å². The molecular weight excluding hydrogens is 503 g/mol. The van der Waals surface area contributed by atoms with Crippen molar-refractivity contribution in [3.05, 3.63) is 84.0 Å². The summed E-state index contributed by atoms with van der Waals surface area (Å²) in [4.78, 5) is 24.2. The van der Waals surface area contributed by atoms with E-state index < -0.39 is 0 Å². The number of carbonyl (C=O) groups is 1. The highest BCUT2D eigenvalue weighted by molar-refractivity contribution is 7.13. The number of hydrogen-bond donors (Lipinski definition) is 1. The number of rotatable bonds is 7. The lowest BCUT2D eigenvalue weighted by Gasteiger charge is -2.26. The lowest BCUT2D eigenvalue weighted by Crippen LogP contribution is -2.38. The van der Waals surface area contributed by atoms with Gasteiger partial charge in [-0.2, -0.15) is 5.10 Å². The number of nitrogens with one attached hydrogen (secondary N) is 1. The van der Waals surface area contributed by atoms with Crippen LogP contribution in [-0.2, 0) is 11.3 Å². The maximum absolute atomic E-state index is 13.7. The highest BCUT2D eigenvalue weighted by Gasteiger charge is 2.17. The van der Waals surface area contributed by atoms with Crippen molar-refractivity contribution in [3.8, 4) is 21.7 Å². The molecule has 1 aliphatic rings. The summed E-state index contributed by atoms with van der Waals surface area (Å²) in [6.07, 6.45) is 5.38. The lowest BCUT2D eigenvalue weighted by molar-refractivity contribution is 0.0360. The third-order valence-electron chi connectivity index (χ3n) is 6.51. The Morgan fingerprint density at radius 1 is 1.03 bits per heavy atom. The summed E-state index contributed by atoms with van der Waals surface area (Å²) >= 11 is 1.40. The standard InChI is InChI=1S/C28H25FN6O2S/c29-22-3-1-19(2-4-22)23-16-24-21(17-35(33-24)10-9-34-11-13-37-14-12-34)15-25(23)31-27(36)26-18-38-28(32-26)20-5-7-30-8-6-20/h1-8,15-18H,9-14H2,(H,31,36). The van der Waals surface area contributed by atoms with E-state index >= 15 is 0 Å². The fourth-order valence-electron chi connectivity index (χ4n) is 4.47. The van der Waals surface area contributed by atoms with E-state index in [4.69, 9.17) is 9.84 Å². The van der Waals surface area contributed by atoms with Crippen molar-refractivity contribution in [2.45, 2.75) is 6.54 Å². The second-order valence-electron chi connectivity index (χ2n) is 9.04. The number of anilines is 1. The number of thiazole rings is 1. The molecule has 3 aromatic heterocycles. The third-order valence-corrected chi connectivity index (χ3v) is 7.40. The van der Waals surface area contributed by atoms with E-state index in [0.29, 0.717) is 11.4 Å². The molecule has 0 bridgehead atoms. The van der Waals surface area contributed by atoms with Crippen LogP contribution in [0.1, 0.15) is 10.5 Å². The van der Waals surface area contributed by atoms with Gasteiger partial charge in [0.05, 0.1) is 25.3 Å². The van der Waals surface area contributed by atoms with Crippen molar-refractivity contribution in [1.82, 2.24) is 24.6 Å². The number of ether oxygens (including phenoxy) is 1. The molecule has 0 atom stereocenters. The first-order valence-corrected chi connectivity index (χ1v) is 13.2. The van der Waals surface area contributed by atoms with E-state index in [2.05, 4.69) is 20.2 Å². The minimum atomic E-state index is -0.320. The molecule has 1 fully saturated rings. The maximum Gasteiger partial charge on any atom is 0.275 e. The van der Waals surface area contributed by atoms with Gasteiger partial charge in [0.15, 0.2) is 0 Å². The van der Waals surface area contributed by atoms with Gasteiger partial charge in [0, 0.05) is 65.8 Å². The van der Waals surface area contributed by atoms with Crippen LogP contribution in [0.3, 0.4) is 0 Å². The molecule has 192 valence electrons. The highest BCUT2D eigenvalue weighted by atomic mass is 32.1. The average molecular weight is 529 g/mol. The number of amides is 1. The molecular formula is C28H25FN6O2S. The van der Waals surface area contributed by atoms with Gasteiger partial charge in [0.1, 0.15) is 16.5 Å². The number of aromatic nitrogens is 4. The predicted molar refractivity (Wildman–Crippen MR) is 146 cm³/mol. The number of fused-ring (bicyclic) bond motifs is 1. The fourth-order valence-corrected chi connectivity index (χ4v) is 5.28. The first-order valence-electron chi connectivity index (χ1n) is 12.4. The number of nitrogens with zero attached hydrogens (tertiary/aromatic N) is 5. The molecule has 0 saturated carbocycles. The van der Waals surface area contributed by atoms with Crippen molar-refractivity contribution in [3.63, 3.8) is 0 Å². The Labute approximate surface area is 222 Å². The number of carbonyl (C=O) groups excluding carboxylic acids is 1. The van der Waals surface area contributed by atoms with E-state index in [1.807, 2.05) is 35.1 Å². The fraction of sp³-hybridized carbons (Fsp3) is 0.214. The zero-order valence-electron chi connectivity index (χ0n) is 20.5. The molecule has 38 heavy (non-hydrogen) atoms. The van der Waals surface area contributed by atoms with Crippen molar-refractivity contribution in [1.29, 1.82) is 0 Å². The largest absolute Gasteiger partial charge is 0.379 e. The minimum Gasteiger partial charge on any atom is -0.379 e. The van der Waals surface area contributed by atoms with E-state index in [1.165, 1.54) is 23.5 Å². The first kappa shape index (κ1) is 24.4. The molecule has 0 aliphatic carbocycles. The summed E-state index contributed by atoms with van der Waals surface area (Å²) in [6.45, 7) is 4.99. The second kappa shape index (κ2) is 10.8. The molecule has 6 rings (SSSR count). The normalized spacial score (nSPS) is 14.1.